The van der Waals surface area contributed by atoms with Crippen molar-refractivity contribution >= 4 is 21.8 Å². The van der Waals surface area contributed by atoms with Crippen LogP contribution < -0.4 is 10.0 Å². The molecule has 0 spiro atoms. The van der Waals surface area contributed by atoms with Crippen LogP contribution in [0.15, 0.2) is 95.4 Å². The molecule has 2 amide bonds. The Morgan fingerprint density at radius 1 is 0.886 bits per heavy atom. The molecule has 44 heavy (non-hydrogen) atoms. The number of amides is 2. The molecular formula is C35H42FN3O4S. The first-order valence-corrected chi connectivity index (χ1v) is 16.9. The zero-order valence-electron chi connectivity index (χ0n) is 25.3. The molecular weight excluding hydrogens is 577 g/mol. The number of nitrogens with zero attached hydrogens (tertiary/aromatic N) is 1. The summed E-state index contributed by atoms with van der Waals surface area (Å²) in [4.78, 5) is 29.5. The van der Waals surface area contributed by atoms with Crippen LogP contribution in [0.1, 0.15) is 62.1 Å². The fourth-order valence-electron chi connectivity index (χ4n) is 5.44. The van der Waals surface area contributed by atoms with E-state index in [1.54, 1.807) is 36.1 Å². The predicted octanol–water partition coefficient (Wildman–Crippen LogP) is 5.70. The molecule has 9 heteroatoms. The molecule has 2 N–H and O–H groups in total. The Morgan fingerprint density at radius 3 is 2.25 bits per heavy atom. The molecule has 0 bridgehead atoms. The predicted molar refractivity (Wildman–Crippen MR) is 171 cm³/mol. The number of aryl methyl sites for hydroxylation is 1. The zero-order chi connectivity index (χ0) is 31.4. The summed E-state index contributed by atoms with van der Waals surface area (Å²) in [5.74, 6) is -0.815. The first kappa shape index (κ1) is 33.1. The average Bonchev–Trinajstić information content (AvgIpc) is 3.03. The van der Waals surface area contributed by atoms with Gasteiger partial charge in [0.15, 0.2) is 0 Å². The van der Waals surface area contributed by atoms with E-state index >= 15 is 0 Å². The summed E-state index contributed by atoms with van der Waals surface area (Å²) in [5, 5.41) is 3.09. The van der Waals surface area contributed by atoms with Gasteiger partial charge in [0, 0.05) is 32.5 Å². The van der Waals surface area contributed by atoms with Crippen molar-refractivity contribution in [1.29, 1.82) is 0 Å². The topological polar surface area (TPSA) is 95.6 Å². The number of benzene rings is 3. The lowest BCUT2D eigenvalue weighted by Crippen LogP contribution is -2.50. The first-order valence-electron chi connectivity index (χ1n) is 15.4. The average molecular weight is 620 g/mol. The Kier molecular flexibility index (Phi) is 12.3. The third-order valence-electron chi connectivity index (χ3n) is 7.86. The van der Waals surface area contributed by atoms with E-state index in [0.717, 1.165) is 36.0 Å². The van der Waals surface area contributed by atoms with Crippen LogP contribution in [0.4, 0.5) is 4.39 Å². The molecule has 0 saturated heterocycles. The summed E-state index contributed by atoms with van der Waals surface area (Å²) in [6.45, 7) is 2.65. The van der Waals surface area contributed by atoms with Crippen LogP contribution in [0.25, 0.3) is 0 Å². The Labute approximate surface area is 260 Å². The molecule has 7 nitrogen and oxygen atoms in total. The number of rotatable bonds is 15. The molecule has 1 aliphatic rings. The van der Waals surface area contributed by atoms with Crippen LogP contribution in [0.3, 0.4) is 0 Å². The number of carbonyl (C=O) groups is 2. The van der Waals surface area contributed by atoms with E-state index in [-0.39, 0.29) is 42.0 Å². The summed E-state index contributed by atoms with van der Waals surface area (Å²) in [7, 11) is -3.57. The van der Waals surface area contributed by atoms with Crippen LogP contribution in [0.2, 0.25) is 0 Å². The van der Waals surface area contributed by atoms with Crippen LogP contribution >= 0.6 is 0 Å². The third kappa shape index (κ3) is 9.86. The van der Waals surface area contributed by atoms with Crippen molar-refractivity contribution in [1.82, 2.24) is 14.9 Å². The van der Waals surface area contributed by atoms with Crippen LogP contribution in [-0.2, 0) is 39.0 Å². The summed E-state index contributed by atoms with van der Waals surface area (Å²) in [6, 6.07) is 21.3. The molecule has 4 rings (SSSR count). The lowest BCUT2D eigenvalue weighted by Gasteiger charge is -2.32. The van der Waals surface area contributed by atoms with E-state index in [1.165, 1.54) is 42.7 Å². The number of halogens is 1. The fourth-order valence-corrected chi connectivity index (χ4v) is 6.48. The molecule has 0 unspecified atom stereocenters. The lowest BCUT2D eigenvalue weighted by molar-refractivity contribution is -0.141. The highest BCUT2D eigenvalue weighted by Crippen LogP contribution is 2.21. The van der Waals surface area contributed by atoms with E-state index in [9.17, 15) is 22.4 Å². The minimum absolute atomic E-state index is 0.117. The summed E-state index contributed by atoms with van der Waals surface area (Å²) in [6.07, 6.45) is 8.38. The third-order valence-corrected chi connectivity index (χ3v) is 9.42. The maximum absolute atomic E-state index is 13.9. The van der Waals surface area contributed by atoms with Gasteiger partial charge in [0.1, 0.15) is 11.9 Å². The van der Waals surface area contributed by atoms with E-state index in [1.807, 2.05) is 30.3 Å². The summed E-state index contributed by atoms with van der Waals surface area (Å²) >= 11 is 0. The minimum atomic E-state index is -3.57. The van der Waals surface area contributed by atoms with Crippen molar-refractivity contribution in [3.8, 4) is 0 Å². The molecule has 3 aromatic rings. The van der Waals surface area contributed by atoms with Crippen LogP contribution in [-0.4, -0.2) is 44.3 Å². The zero-order valence-corrected chi connectivity index (χ0v) is 26.1. The summed E-state index contributed by atoms with van der Waals surface area (Å²) in [5.41, 5.74) is 3.81. The minimum Gasteiger partial charge on any atom is -0.354 e. The second-order valence-electron chi connectivity index (χ2n) is 11.1. The van der Waals surface area contributed by atoms with E-state index in [0.29, 0.717) is 19.4 Å². The first-order chi connectivity index (χ1) is 21.2. The van der Waals surface area contributed by atoms with Gasteiger partial charge in [-0.25, -0.2) is 17.5 Å². The highest BCUT2D eigenvalue weighted by atomic mass is 32.2. The van der Waals surface area contributed by atoms with E-state index in [4.69, 9.17) is 0 Å². The molecule has 0 radical (unpaired) electrons. The summed E-state index contributed by atoms with van der Waals surface area (Å²) < 4.78 is 40.8. The molecule has 1 aliphatic carbocycles. The van der Waals surface area contributed by atoms with Gasteiger partial charge in [-0.3, -0.25) is 9.59 Å². The number of sulfonamides is 1. The Hall–Kier alpha value is -3.82. The monoisotopic (exact) mass is 619 g/mol. The molecule has 234 valence electrons. The number of hydrogen-bond donors (Lipinski definition) is 2. The van der Waals surface area contributed by atoms with Crippen molar-refractivity contribution in [2.24, 2.45) is 0 Å². The Balaban J connectivity index is 1.54. The molecule has 3 aromatic carbocycles. The largest absolute Gasteiger partial charge is 0.354 e. The number of allylic oxidation sites excluding steroid dienone is 1. The lowest BCUT2D eigenvalue weighted by atomic mass is 9.97. The highest BCUT2D eigenvalue weighted by molar-refractivity contribution is 7.89. The SMILES string of the molecule is CCNS(=O)(=O)c1ccc(CCC(=O)N(Cc2ccc(F)cc2)[C@@H](Cc2ccccc2)C(=O)NCCC2=CCCCC2)cc1. The van der Waals surface area contributed by atoms with Gasteiger partial charge in [-0.1, -0.05) is 73.2 Å². The Bertz CT molecular complexity index is 1510. The molecule has 0 saturated carbocycles. The molecule has 0 heterocycles. The number of nitrogens with one attached hydrogen (secondary N) is 2. The van der Waals surface area contributed by atoms with Gasteiger partial charge >= 0.3 is 0 Å². The second kappa shape index (κ2) is 16.3. The normalized spacial score (nSPS) is 14.0. The van der Waals surface area contributed by atoms with E-state index in [2.05, 4.69) is 16.1 Å². The molecule has 0 fully saturated rings. The van der Waals surface area contributed by atoms with Crippen molar-refractivity contribution in [2.75, 3.05) is 13.1 Å². The van der Waals surface area contributed by atoms with Crippen molar-refractivity contribution < 1.29 is 22.4 Å². The van der Waals surface area contributed by atoms with Crippen LogP contribution in [0, 0.1) is 5.82 Å². The number of hydrogen-bond acceptors (Lipinski definition) is 4. The van der Waals surface area contributed by atoms with Gasteiger partial charge in [-0.2, -0.15) is 0 Å². The second-order valence-corrected chi connectivity index (χ2v) is 12.9. The van der Waals surface area contributed by atoms with Gasteiger partial charge in [-0.05, 0) is 79.5 Å². The van der Waals surface area contributed by atoms with Gasteiger partial charge in [0.25, 0.3) is 0 Å². The quantitative estimate of drug-likeness (QED) is 0.213. The maximum atomic E-state index is 13.9. The Morgan fingerprint density at radius 2 is 1.59 bits per heavy atom. The van der Waals surface area contributed by atoms with Crippen molar-refractivity contribution in [3.05, 3.63) is 113 Å². The number of carbonyl (C=O) groups excluding carboxylic acids is 2. The smallest absolute Gasteiger partial charge is 0.243 e. The van der Waals surface area contributed by atoms with Gasteiger partial charge in [-0.15, -0.1) is 0 Å². The van der Waals surface area contributed by atoms with Gasteiger partial charge in [0.05, 0.1) is 4.90 Å². The highest BCUT2D eigenvalue weighted by Gasteiger charge is 2.30. The maximum Gasteiger partial charge on any atom is 0.243 e. The van der Waals surface area contributed by atoms with Crippen molar-refractivity contribution in [2.45, 2.75) is 75.8 Å². The fraction of sp³-hybridized carbons (Fsp3) is 0.371. The molecule has 1 atom stereocenters. The van der Waals surface area contributed by atoms with Gasteiger partial charge in [0.2, 0.25) is 21.8 Å². The van der Waals surface area contributed by atoms with Crippen molar-refractivity contribution in [3.63, 3.8) is 0 Å². The van der Waals surface area contributed by atoms with E-state index < -0.39 is 16.1 Å². The molecule has 0 aromatic heterocycles. The standard InChI is InChI=1S/C35H42FN3O4S/c1-2-38-44(42,43)32-20-15-28(16-21-32)17-22-34(40)39(26-30-13-18-31(36)19-14-30)33(25-29-11-7-4-8-12-29)35(41)37-24-23-27-9-5-3-6-10-27/h4,7-9,11-16,18-21,33,38H,2-3,5-6,10,17,22-26H2,1H3,(H,37,41)/t33-/m0/s1. The van der Waals surface area contributed by atoms with Gasteiger partial charge < -0.3 is 10.2 Å². The molecule has 0 aliphatic heterocycles. The van der Waals surface area contributed by atoms with Crippen LogP contribution in [0.5, 0.6) is 0 Å².